The first-order valence-electron chi connectivity index (χ1n) is 2.72. The van der Waals surface area contributed by atoms with Gasteiger partial charge in [0.2, 0.25) is 0 Å². The van der Waals surface area contributed by atoms with Gasteiger partial charge in [-0.1, -0.05) is 18.7 Å². The summed E-state index contributed by atoms with van der Waals surface area (Å²) in [5.41, 5.74) is 0. The van der Waals surface area contributed by atoms with Crippen LogP contribution >= 0.6 is 24.4 Å². The van der Waals surface area contributed by atoms with Crippen LogP contribution < -0.4 is 0 Å². The molecule has 46 valence electrons. The van der Waals surface area contributed by atoms with Crippen LogP contribution in [0.3, 0.4) is 0 Å². The minimum atomic E-state index is 0.549. The van der Waals surface area contributed by atoms with E-state index in [9.17, 15) is 0 Å². The van der Waals surface area contributed by atoms with E-state index in [2.05, 4.69) is 24.5 Å². The zero-order valence-electron chi connectivity index (χ0n) is 4.79. The molecular weight excluding hydrogens is 138 g/mol. The first-order valence-corrected chi connectivity index (χ1v) is 4.15. The fourth-order valence-corrected chi connectivity index (χ4v) is 1.87. The van der Waals surface area contributed by atoms with Crippen molar-refractivity contribution in [3.05, 3.63) is 0 Å². The second kappa shape index (κ2) is 2.78. The van der Waals surface area contributed by atoms with Crippen LogP contribution in [0.4, 0.5) is 0 Å². The van der Waals surface area contributed by atoms with Crippen LogP contribution in [0, 0.1) is 0 Å². The number of hydrogen-bond acceptors (Lipinski definition) is 2. The van der Waals surface area contributed by atoms with Gasteiger partial charge in [-0.25, -0.2) is 0 Å². The third-order valence-corrected chi connectivity index (χ3v) is 2.59. The van der Waals surface area contributed by atoms with Crippen molar-refractivity contribution < 1.29 is 0 Å². The molecule has 0 aliphatic carbocycles. The monoisotopic (exact) mass is 147 g/mol. The van der Waals surface area contributed by atoms with Gasteiger partial charge in [-0.05, 0) is 6.42 Å². The Balaban J connectivity index is 2.41. The summed E-state index contributed by atoms with van der Waals surface area (Å²) in [5, 5.41) is 0. The summed E-state index contributed by atoms with van der Waals surface area (Å²) >= 11 is 5.86. The molecule has 0 aromatic heterocycles. The molecule has 0 aromatic rings. The van der Waals surface area contributed by atoms with E-state index in [-0.39, 0.29) is 0 Å². The molecule has 1 nitrogen and oxygen atoms in total. The predicted molar refractivity (Wildman–Crippen MR) is 43.0 cm³/mol. The highest BCUT2D eigenvalue weighted by molar-refractivity contribution is 8.32. The fraction of sp³-hybridized carbons (Fsp3) is 0.800. The van der Waals surface area contributed by atoms with Gasteiger partial charge in [0.25, 0.3) is 0 Å². The van der Waals surface area contributed by atoms with E-state index in [1.165, 1.54) is 0 Å². The van der Waals surface area contributed by atoms with Gasteiger partial charge < -0.3 is 0 Å². The van der Waals surface area contributed by atoms with Crippen LogP contribution in [0.2, 0.25) is 0 Å². The van der Waals surface area contributed by atoms with Gasteiger partial charge in [-0.2, -0.15) is 0 Å². The Kier molecular flexibility index (Phi) is 2.26. The van der Waals surface area contributed by atoms with Gasteiger partial charge in [0.05, 0.1) is 6.04 Å². The zero-order valence-corrected chi connectivity index (χ0v) is 6.51. The lowest BCUT2D eigenvalue weighted by atomic mass is 10.3. The molecule has 1 aliphatic rings. The van der Waals surface area contributed by atoms with Crippen molar-refractivity contribution in [1.29, 1.82) is 0 Å². The second-order valence-electron chi connectivity index (χ2n) is 1.78. The van der Waals surface area contributed by atoms with E-state index < -0.39 is 0 Å². The van der Waals surface area contributed by atoms with Crippen LogP contribution in [0.1, 0.15) is 13.3 Å². The maximum atomic E-state index is 4.25. The van der Waals surface area contributed by atoms with E-state index >= 15 is 0 Å². The molecular formula is C5H9NS2. The molecule has 0 amide bonds. The summed E-state index contributed by atoms with van der Waals surface area (Å²) in [6, 6.07) is 0.549. The smallest absolute Gasteiger partial charge is 0.121 e. The van der Waals surface area contributed by atoms with Crippen molar-refractivity contribution in [3.63, 3.8) is 0 Å². The highest BCUT2D eigenvalue weighted by Gasteiger charge is 2.12. The van der Waals surface area contributed by atoms with Crippen LogP contribution in [0.15, 0.2) is 4.99 Å². The topological polar surface area (TPSA) is 12.4 Å². The lowest BCUT2D eigenvalue weighted by molar-refractivity contribution is 0.739. The lowest BCUT2D eigenvalue weighted by Crippen LogP contribution is -1.99. The van der Waals surface area contributed by atoms with Crippen molar-refractivity contribution in [2.75, 3.05) is 5.75 Å². The standard InChI is InChI=1S/C5H9NS2/c1-2-4-3-8-5(7)6-4/h4H,2-3H2,1H3,(H,6,7). The molecule has 0 saturated carbocycles. The normalized spacial score (nSPS) is 28.2. The van der Waals surface area contributed by atoms with Crippen molar-refractivity contribution in [2.24, 2.45) is 4.99 Å². The molecule has 1 aliphatic heterocycles. The van der Waals surface area contributed by atoms with Crippen molar-refractivity contribution in [2.45, 2.75) is 19.4 Å². The maximum absolute atomic E-state index is 4.25. The highest BCUT2D eigenvalue weighted by Crippen LogP contribution is 2.21. The van der Waals surface area contributed by atoms with Crippen LogP contribution in [0.5, 0.6) is 0 Å². The van der Waals surface area contributed by atoms with E-state index in [4.69, 9.17) is 0 Å². The molecule has 0 spiro atoms. The quantitative estimate of drug-likeness (QED) is 0.558. The SMILES string of the molecule is CCC1CSC(S)=N1. The number of rotatable bonds is 1. The van der Waals surface area contributed by atoms with Gasteiger partial charge >= 0.3 is 0 Å². The van der Waals surface area contributed by atoms with Gasteiger partial charge in [0.1, 0.15) is 4.38 Å². The molecule has 0 saturated heterocycles. The number of thiol groups is 1. The van der Waals surface area contributed by atoms with E-state index in [0.29, 0.717) is 6.04 Å². The molecule has 1 unspecified atom stereocenters. The molecule has 1 atom stereocenters. The first-order chi connectivity index (χ1) is 3.83. The Hall–Kier alpha value is 0.370. The molecule has 0 bridgehead atoms. The fourth-order valence-electron chi connectivity index (χ4n) is 0.611. The average molecular weight is 147 g/mol. The molecule has 3 heteroatoms. The Labute approximate surface area is 59.4 Å². The van der Waals surface area contributed by atoms with E-state index in [1.807, 2.05) is 0 Å². The summed E-state index contributed by atoms with van der Waals surface area (Å²) in [6.45, 7) is 2.15. The predicted octanol–water partition coefficient (Wildman–Crippen LogP) is 1.80. The molecule has 0 aromatic carbocycles. The minimum Gasteiger partial charge on any atom is -0.268 e. The van der Waals surface area contributed by atoms with Gasteiger partial charge in [-0.15, -0.1) is 12.6 Å². The zero-order chi connectivity index (χ0) is 5.98. The summed E-state index contributed by atoms with van der Waals surface area (Å²) < 4.78 is 0.955. The Morgan fingerprint density at radius 1 is 2.00 bits per heavy atom. The minimum absolute atomic E-state index is 0.549. The number of thioether (sulfide) groups is 1. The summed E-state index contributed by atoms with van der Waals surface area (Å²) in [5.74, 6) is 1.13. The Morgan fingerprint density at radius 3 is 3.00 bits per heavy atom. The lowest BCUT2D eigenvalue weighted by Gasteiger charge is -1.95. The van der Waals surface area contributed by atoms with Crippen LogP contribution in [-0.4, -0.2) is 16.2 Å². The van der Waals surface area contributed by atoms with E-state index in [1.54, 1.807) is 11.8 Å². The third-order valence-electron chi connectivity index (χ3n) is 1.17. The third kappa shape index (κ3) is 1.42. The molecule has 8 heavy (non-hydrogen) atoms. The highest BCUT2D eigenvalue weighted by atomic mass is 32.2. The van der Waals surface area contributed by atoms with Crippen LogP contribution in [0.25, 0.3) is 0 Å². The maximum Gasteiger partial charge on any atom is 0.121 e. The van der Waals surface area contributed by atoms with Crippen molar-refractivity contribution in [1.82, 2.24) is 0 Å². The molecule has 0 radical (unpaired) electrons. The number of aliphatic imine (C=N–C) groups is 1. The average Bonchev–Trinajstić information content (AvgIpc) is 2.14. The summed E-state index contributed by atoms with van der Waals surface area (Å²) in [6.07, 6.45) is 1.15. The molecule has 1 heterocycles. The summed E-state index contributed by atoms with van der Waals surface area (Å²) in [4.78, 5) is 4.25. The number of nitrogens with zero attached hydrogens (tertiary/aromatic N) is 1. The van der Waals surface area contributed by atoms with Crippen LogP contribution in [-0.2, 0) is 0 Å². The first kappa shape index (κ1) is 6.49. The second-order valence-corrected chi connectivity index (χ2v) is 3.52. The molecule has 0 N–H and O–H groups in total. The van der Waals surface area contributed by atoms with Crippen molar-refractivity contribution >= 4 is 28.8 Å². The van der Waals surface area contributed by atoms with Gasteiger partial charge in [0.15, 0.2) is 0 Å². The van der Waals surface area contributed by atoms with Gasteiger partial charge in [-0.3, -0.25) is 4.99 Å². The number of hydrogen-bond donors (Lipinski definition) is 1. The van der Waals surface area contributed by atoms with E-state index in [0.717, 1.165) is 16.5 Å². The molecule has 0 fully saturated rings. The van der Waals surface area contributed by atoms with Gasteiger partial charge in [0, 0.05) is 5.75 Å². The van der Waals surface area contributed by atoms with Crippen molar-refractivity contribution in [3.8, 4) is 0 Å². The Morgan fingerprint density at radius 2 is 2.75 bits per heavy atom. The Bertz CT molecular complexity index is 111. The summed E-state index contributed by atoms with van der Waals surface area (Å²) in [7, 11) is 0. The molecule has 1 rings (SSSR count). The largest absolute Gasteiger partial charge is 0.268 e.